The molecule has 2 unspecified atom stereocenters. The van der Waals surface area contributed by atoms with Gasteiger partial charge in [-0.25, -0.2) is 4.39 Å². The van der Waals surface area contributed by atoms with E-state index in [1.54, 1.807) is 6.07 Å². The zero-order chi connectivity index (χ0) is 14.3. The maximum Gasteiger partial charge on any atom is 0.126 e. The van der Waals surface area contributed by atoms with Crippen LogP contribution in [0.15, 0.2) is 12.1 Å². The second-order valence-corrected chi connectivity index (χ2v) is 6.23. The number of nitrogens with two attached hydrogens (primary N) is 1. The van der Waals surface area contributed by atoms with Crippen LogP contribution in [0, 0.1) is 12.7 Å². The van der Waals surface area contributed by atoms with Gasteiger partial charge in [0, 0.05) is 37.4 Å². The average molecular weight is 277 g/mol. The van der Waals surface area contributed by atoms with Crippen molar-refractivity contribution in [1.82, 2.24) is 4.90 Å². The van der Waals surface area contributed by atoms with Crippen LogP contribution in [0.5, 0.6) is 0 Å². The van der Waals surface area contributed by atoms with Gasteiger partial charge in [-0.1, -0.05) is 0 Å². The van der Waals surface area contributed by atoms with E-state index in [2.05, 4.69) is 9.80 Å². The molecule has 0 bridgehead atoms. The lowest BCUT2D eigenvalue weighted by atomic mass is 10.0. The molecule has 0 aromatic heterocycles. The SMILES string of the molecule is Cc1cc(N2CCN3CCCC3C2)c(C(C)N)cc1F. The third-order valence-corrected chi connectivity index (χ3v) is 4.73. The molecule has 1 aromatic rings. The molecular weight excluding hydrogens is 253 g/mol. The van der Waals surface area contributed by atoms with E-state index in [-0.39, 0.29) is 11.9 Å². The van der Waals surface area contributed by atoms with Crippen molar-refractivity contribution in [3.05, 3.63) is 29.1 Å². The van der Waals surface area contributed by atoms with Crippen molar-refractivity contribution in [2.45, 2.75) is 38.8 Å². The third-order valence-electron chi connectivity index (χ3n) is 4.73. The second-order valence-electron chi connectivity index (χ2n) is 6.23. The Morgan fingerprint density at radius 2 is 2.10 bits per heavy atom. The van der Waals surface area contributed by atoms with Gasteiger partial charge in [0.15, 0.2) is 0 Å². The van der Waals surface area contributed by atoms with Gasteiger partial charge in [-0.3, -0.25) is 4.90 Å². The van der Waals surface area contributed by atoms with E-state index < -0.39 is 0 Å². The van der Waals surface area contributed by atoms with E-state index in [1.807, 2.05) is 19.9 Å². The summed E-state index contributed by atoms with van der Waals surface area (Å²) in [5.74, 6) is -0.152. The summed E-state index contributed by atoms with van der Waals surface area (Å²) in [5.41, 5.74) is 8.81. The van der Waals surface area contributed by atoms with Gasteiger partial charge in [0.2, 0.25) is 0 Å². The van der Waals surface area contributed by atoms with E-state index >= 15 is 0 Å². The number of hydrogen-bond donors (Lipinski definition) is 1. The topological polar surface area (TPSA) is 32.5 Å². The average Bonchev–Trinajstić information content (AvgIpc) is 2.88. The van der Waals surface area contributed by atoms with Crippen molar-refractivity contribution < 1.29 is 4.39 Å². The first-order valence-electron chi connectivity index (χ1n) is 7.61. The Bertz CT molecular complexity index is 501. The van der Waals surface area contributed by atoms with Crippen LogP contribution in [0.3, 0.4) is 0 Å². The number of rotatable bonds is 2. The number of anilines is 1. The lowest BCUT2D eigenvalue weighted by Gasteiger charge is -2.40. The summed E-state index contributed by atoms with van der Waals surface area (Å²) in [7, 11) is 0. The minimum absolute atomic E-state index is 0.137. The van der Waals surface area contributed by atoms with Crippen LogP contribution in [-0.4, -0.2) is 37.1 Å². The van der Waals surface area contributed by atoms with Gasteiger partial charge in [0.05, 0.1) is 0 Å². The summed E-state index contributed by atoms with van der Waals surface area (Å²) in [6, 6.07) is 4.12. The van der Waals surface area contributed by atoms with E-state index in [4.69, 9.17) is 5.73 Å². The molecule has 3 nitrogen and oxygen atoms in total. The Morgan fingerprint density at radius 3 is 2.85 bits per heavy atom. The summed E-state index contributed by atoms with van der Waals surface area (Å²) in [4.78, 5) is 4.98. The number of halogens is 1. The molecule has 0 saturated carbocycles. The highest BCUT2D eigenvalue weighted by molar-refractivity contribution is 5.57. The number of benzene rings is 1. The van der Waals surface area contributed by atoms with Crippen LogP contribution in [0.25, 0.3) is 0 Å². The highest BCUT2D eigenvalue weighted by Crippen LogP contribution is 2.32. The molecule has 2 saturated heterocycles. The first kappa shape index (κ1) is 13.8. The van der Waals surface area contributed by atoms with Gasteiger partial charge in [-0.15, -0.1) is 0 Å². The predicted octanol–water partition coefficient (Wildman–Crippen LogP) is 2.44. The van der Waals surface area contributed by atoms with Gasteiger partial charge in [0.1, 0.15) is 5.82 Å². The van der Waals surface area contributed by atoms with E-state index in [0.717, 1.165) is 30.9 Å². The fourth-order valence-electron chi connectivity index (χ4n) is 3.53. The van der Waals surface area contributed by atoms with Crippen LogP contribution >= 0.6 is 0 Å². The molecule has 20 heavy (non-hydrogen) atoms. The molecule has 4 heteroatoms. The van der Waals surface area contributed by atoms with Crippen LogP contribution in [-0.2, 0) is 0 Å². The quantitative estimate of drug-likeness (QED) is 0.901. The number of nitrogens with zero attached hydrogens (tertiary/aromatic N) is 2. The summed E-state index contributed by atoms with van der Waals surface area (Å²) < 4.78 is 13.8. The van der Waals surface area contributed by atoms with E-state index in [0.29, 0.717) is 11.6 Å². The predicted molar refractivity (Wildman–Crippen MR) is 80.5 cm³/mol. The molecule has 0 spiro atoms. The Morgan fingerprint density at radius 1 is 1.30 bits per heavy atom. The molecule has 1 aromatic carbocycles. The van der Waals surface area contributed by atoms with Gasteiger partial charge in [-0.2, -0.15) is 0 Å². The minimum atomic E-state index is -0.152. The van der Waals surface area contributed by atoms with Crippen LogP contribution in [0.1, 0.15) is 36.9 Å². The molecular formula is C16H24FN3. The van der Waals surface area contributed by atoms with Gasteiger partial charge in [-0.05, 0) is 56.5 Å². The normalized spacial score (nSPS) is 24.8. The minimum Gasteiger partial charge on any atom is -0.368 e. The smallest absolute Gasteiger partial charge is 0.126 e. The summed E-state index contributed by atoms with van der Waals surface area (Å²) in [6.07, 6.45) is 2.59. The number of piperazine rings is 1. The van der Waals surface area contributed by atoms with Gasteiger partial charge in [0.25, 0.3) is 0 Å². The first-order chi connectivity index (χ1) is 9.56. The molecule has 110 valence electrons. The summed E-state index contributed by atoms with van der Waals surface area (Å²) in [6.45, 7) is 8.17. The molecule has 2 N–H and O–H groups in total. The fraction of sp³-hybridized carbons (Fsp3) is 0.625. The van der Waals surface area contributed by atoms with Crippen molar-refractivity contribution in [1.29, 1.82) is 0 Å². The van der Waals surface area contributed by atoms with Crippen LogP contribution in [0.4, 0.5) is 10.1 Å². The zero-order valence-corrected chi connectivity index (χ0v) is 12.4. The second kappa shape index (κ2) is 5.34. The molecule has 3 rings (SSSR count). The molecule has 2 atom stereocenters. The maximum absolute atomic E-state index is 13.8. The molecule has 0 aliphatic carbocycles. The van der Waals surface area contributed by atoms with Crippen LogP contribution in [0.2, 0.25) is 0 Å². The van der Waals surface area contributed by atoms with Gasteiger partial charge >= 0.3 is 0 Å². The molecule has 2 aliphatic rings. The lowest BCUT2D eigenvalue weighted by Crippen LogP contribution is -2.50. The van der Waals surface area contributed by atoms with Crippen LogP contribution < -0.4 is 10.6 Å². The summed E-state index contributed by atoms with van der Waals surface area (Å²) >= 11 is 0. The maximum atomic E-state index is 13.8. The highest BCUT2D eigenvalue weighted by atomic mass is 19.1. The van der Waals surface area contributed by atoms with Crippen molar-refractivity contribution in [3.8, 4) is 0 Å². The van der Waals surface area contributed by atoms with Crippen molar-refractivity contribution >= 4 is 5.69 Å². The largest absolute Gasteiger partial charge is 0.368 e. The Hall–Kier alpha value is -1.13. The number of fused-ring (bicyclic) bond motifs is 1. The molecule has 2 fully saturated rings. The molecule has 0 radical (unpaired) electrons. The standard InChI is InChI=1S/C16H24FN3/c1-11-8-16(14(12(2)18)9-15(11)17)20-7-6-19-5-3-4-13(19)10-20/h8-9,12-13H,3-7,10,18H2,1-2H3. The third kappa shape index (κ3) is 2.42. The first-order valence-corrected chi connectivity index (χ1v) is 7.61. The van der Waals surface area contributed by atoms with E-state index in [9.17, 15) is 4.39 Å². The van der Waals surface area contributed by atoms with Gasteiger partial charge < -0.3 is 10.6 Å². The number of aryl methyl sites for hydroxylation is 1. The fourth-order valence-corrected chi connectivity index (χ4v) is 3.53. The molecule has 2 aliphatic heterocycles. The number of hydrogen-bond acceptors (Lipinski definition) is 3. The Kier molecular flexibility index (Phi) is 3.69. The van der Waals surface area contributed by atoms with E-state index in [1.165, 1.54) is 19.4 Å². The van der Waals surface area contributed by atoms with Crippen molar-refractivity contribution in [3.63, 3.8) is 0 Å². The lowest BCUT2D eigenvalue weighted by molar-refractivity contribution is 0.230. The monoisotopic (exact) mass is 277 g/mol. The van der Waals surface area contributed by atoms with Crippen molar-refractivity contribution in [2.24, 2.45) is 5.73 Å². The Balaban J connectivity index is 1.91. The zero-order valence-electron chi connectivity index (χ0n) is 12.4. The van der Waals surface area contributed by atoms with Crippen molar-refractivity contribution in [2.75, 3.05) is 31.1 Å². The molecule has 0 amide bonds. The highest BCUT2D eigenvalue weighted by Gasteiger charge is 2.31. The molecule has 2 heterocycles. The Labute approximate surface area is 120 Å². The summed E-state index contributed by atoms with van der Waals surface area (Å²) in [5, 5.41) is 0.